The van der Waals surface area contributed by atoms with Crippen LogP contribution in [0.15, 0.2) is 0 Å². The van der Waals surface area contributed by atoms with Gasteiger partial charge in [0.15, 0.2) is 0 Å². The fourth-order valence-electron chi connectivity index (χ4n) is 4.64. The topological polar surface area (TPSA) is 23.5 Å². The van der Waals surface area contributed by atoms with Gasteiger partial charge in [-0.25, -0.2) is 0 Å². The highest BCUT2D eigenvalue weighted by atomic mass is 16.3. The van der Waals surface area contributed by atoms with Gasteiger partial charge in [0.1, 0.15) is 0 Å². The molecule has 0 aromatic rings. The number of rotatable bonds is 2. The number of hydrogen-bond donors (Lipinski definition) is 1. The average molecular weight is 237 g/mol. The van der Waals surface area contributed by atoms with Crippen LogP contribution in [0.1, 0.15) is 51.9 Å². The quantitative estimate of drug-likeness (QED) is 0.798. The third-order valence-electron chi connectivity index (χ3n) is 5.87. The third-order valence-corrected chi connectivity index (χ3v) is 5.87. The lowest BCUT2D eigenvalue weighted by Crippen LogP contribution is -2.52. The van der Waals surface area contributed by atoms with Crippen LogP contribution in [-0.4, -0.2) is 35.2 Å². The molecule has 2 aliphatic heterocycles. The lowest BCUT2D eigenvalue weighted by molar-refractivity contribution is -0.106. The van der Waals surface area contributed by atoms with Crippen molar-refractivity contribution >= 4 is 0 Å². The Balaban J connectivity index is 1.73. The molecule has 5 unspecified atom stereocenters. The van der Waals surface area contributed by atoms with Gasteiger partial charge >= 0.3 is 0 Å². The van der Waals surface area contributed by atoms with E-state index in [0.717, 1.165) is 18.9 Å². The second-order valence-corrected chi connectivity index (χ2v) is 6.67. The second kappa shape index (κ2) is 4.55. The van der Waals surface area contributed by atoms with Crippen molar-refractivity contribution in [2.24, 2.45) is 17.8 Å². The predicted molar refractivity (Wildman–Crippen MR) is 69.9 cm³/mol. The van der Waals surface area contributed by atoms with Crippen molar-refractivity contribution in [3.05, 3.63) is 0 Å². The highest BCUT2D eigenvalue weighted by molar-refractivity contribution is 5.02. The molecule has 2 heterocycles. The first-order valence-electron chi connectivity index (χ1n) is 7.67. The second-order valence-electron chi connectivity index (χ2n) is 6.67. The maximum Gasteiger partial charge on any atom is 0.0728 e. The minimum absolute atomic E-state index is 0.305. The molecule has 3 aliphatic rings. The Kier molecular flexibility index (Phi) is 3.20. The minimum Gasteiger partial charge on any atom is -0.389 e. The Labute approximate surface area is 105 Å². The van der Waals surface area contributed by atoms with E-state index in [2.05, 4.69) is 11.8 Å². The molecule has 17 heavy (non-hydrogen) atoms. The molecule has 98 valence electrons. The molecule has 2 heteroatoms. The van der Waals surface area contributed by atoms with Crippen LogP contribution < -0.4 is 0 Å². The summed E-state index contributed by atoms with van der Waals surface area (Å²) in [4.78, 5) is 2.54. The summed E-state index contributed by atoms with van der Waals surface area (Å²) in [6, 6.07) is 0. The Morgan fingerprint density at radius 1 is 1.18 bits per heavy atom. The Morgan fingerprint density at radius 2 is 2.06 bits per heavy atom. The maximum atomic E-state index is 11.2. The van der Waals surface area contributed by atoms with Gasteiger partial charge in [0.2, 0.25) is 0 Å². The molecule has 0 amide bonds. The SMILES string of the molecule is CCC1CCCC(C2(O)CCN3CCC2C3)C1. The molecule has 5 atom stereocenters. The minimum atomic E-state index is -0.305. The Hall–Kier alpha value is -0.0800. The summed E-state index contributed by atoms with van der Waals surface area (Å²) in [7, 11) is 0. The monoisotopic (exact) mass is 237 g/mol. The van der Waals surface area contributed by atoms with Crippen LogP contribution in [0.3, 0.4) is 0 Å². The maximum absolute atomic E-state index is 11.2. The molecule has 3 fully saturated rings. The summed E-state index contributed by atoms with van der Waals surface area (Å²) in [5, 5.41) is 11.2. The van der Waals surface area contributed by atoms with Crippen molar-refractivity contribution in [1.29, 1.82) is 0 Å². The zero-order valence-corrected chi connectivity index (χ0v) is 11.2. The third kappa shape index (κ3) is 2.04. The fourth-order valence-corrected chi connectivity index (χ4v) is 4.64. The Morgan fingerprint density at radius 3 is 2.88 bits per heavy atom. The van der Waals surface area contributed by atoms with Crippen molar-refractivity contribution in [2.45, 2.75) is 57.5 Å². The van der Waals surface area contributed by atoms with Gasteiger partial charge in [0, 0.05) is 19.0 Å². The normalized spacial score (nSPS) is 50.5. The molecule has 1 aliphatic carbocycles. The number of fused-ring (bicyclic) bond motifs is 2. The zero-order chi connectivity index (χ0) is 11.9. The molecular formula is C15H27NO. The van der Waals surface area contributed by atoms with E-state index in [-0.39, 0.29) is 5.60 Å². The van der Waals surface area contributed by atoms with Crippen molar-refractivity contribution in [3.8, 4) is 0 Å². The van der Waals surface area contributed by atoms with Crippen molar-refractivity contribution in [2.75, 3.05) is 19.6 Å². The molecular weight excluding hydrogens is 210 g/mol. The van der Waals surface area contributed by atoms with E-state index in [4.69, 9.17) is 0 Å². The summed E-state index contributed by atoms with van der Waals surface area (Å²) in [5.41, 5.74) is -0.305. The fraction of sp³-hybridized carbons (Fsp3) is 1.00. The molecule has 3 rings (SSSR count). The molecule has 0 spiro atoms. The van der Waals surface area contributed by atoms with E-state index in [1.807, 2.05) is 0 Å². The van der Waals surface area contributed by atoms with Gasteiger partial charge in [-0.1, -0.05) is 26.2 Å². The van der Waals surface area contributed by atoms with E-state index in [1.54, 1.807) is 0 Å². The average Bonchev–Trinajstić information content (AvgIpc) is 2.79. The molecule has 2 saturated heterocycles. The van der Waals surface area contributed by atoms with Crippen LogP contribution in [0.5, 0.6) is 0 Å². The van der Waals surface area contributed by atoms with E-state index in [9.17, 15) is 5.11 Å². The first-order chi connectivity index (χ1) is 8.22. The molecule has 1 saturated carbocycles. The smallest absolute Gasteiger partial charge is 0.0728 e. The molecule has 0 radical (unpaired) electrons. The highest BCUT2D eigenvalue weighted by Crippen LogP contribution is 2.47. The standard InChI is InChI=1S/C15H27NO/c1-2-12-4-3-5-13(10-12)15(17)7-9-16-8-6-14(15)11-16/h12-14,17H,2-11H2,1H3. The summed E-state index contributed by atoms with van der Waals surface area (Å²) < 4.78 is 0. The lowest BCUT2D eigenvalue weighted by atomic mass is 9.65. The first-order valence-corrected chi connectivity index (χ1v) is 7.67. The van der Waals surface area contributed by atoms with Crippen molar-refractivity contribution in [3.63, 3.8) is 0 Å². The molecule has 0 aromatic carbocycles. The van der Waals surface area contributed by atoms with E-state index >= 15 is 0 Å². The van der Waals surface area contributed by atoms with Crippen LogP contribution in [0.2, 0.25) is 0 Å². The van der Waals surface area contributed by atoms with Gasteiger partial charge < -0.3 is 10.0 Å². The largest absolute Gasteiger partial charge is 0.389 e. The molecule has 2 nitrogen and oxygen atoms in total. The van der Waals surface area contributed by atoms with Crippen LogP contribution in [-0.2, 0) is 0 Å². The highest BCUT2D eigenvalue weighted by Gasteiger charge is 2.49. The number of aliphatic hydroxyl groups is 1. The number of hydrogen-bond acceptors (Lipinski definition) is 2. The molecule has 1 N–H and O–H groups in total. The summed E-state index contributed by atoms with van der Waals surface area (Å²) in [6.45, 7) is 5.86. The van der Waals surface area contributed by atoms with E-state index in [1.165, 1.54) is 51.6 Å². The zero-order valence-electron chi connectivity index (χ0n) is 11.2. The summed E-state index contributed by atoms with van der Waals surface area (Å²) >= 11 is 0. The Bertz CT molecular complexity index is 280. The van der Waals surface area contributed by atoms with E-state index in [0.29, 0.717) is 11.8 Å². The van der Waals surface area contributed by atoms with Gasteiger partial charge in [0.05, 0.1) is 5.60 Å². The van der Waals surface area contributed by atoms with Crippen molar-refractivity contribution in [1.82, 2.24) is 4.90 Å². The number of nitrogens with zero attached hydrogens (tertiary/aromatic N) is 1. The van der Waals surface area contributed by atoms with Crippen molar-refractivity contribution < 1.29 is 5.11 Å². The number of piperidine rings is 1. The first kappa shape index (κ1) is 12.0. The van der Waals surface area contributed by atoms with Crippen LogP contribution >= 0.6 is 0 Å². The summed E-state index contributed by atoms with van der Waals surface area (Å²) in [5.74, 6) is 2.07. The summed E-state index contributed by atoms with van der Waals surface area (Å²) in [6.07, 6.45) is 8.92. The van der Waals surface area contributed by atoms with Gasteiger partial charge in [-0.2, -0.15) is 0 Å². The van der Waals surface area contributed by atoms with Gasteiger partial charge in [-0.15, -0.1) is 0 Å². The predicted octanol–water partition coefficient (Wildman–Crippen LogP) is 2.66. The molecule has 2 bridgehead atoms. The van der Waals surface area contributed by atoms with Gasteiger partial charge in [-0.3, -0.25) is 0 Å². The van der Waals surface area contributed by atoms with Crippen LogP contribution in [0.4, 0.5) is 0 Å². The van der Waals surface area contributed by atoms with Crippen LogP contribution in [0, 0.1) is 17.8 Å². The lowest BCUT2D eigenvalue weighted by Gasteiger charge is -2.47. The molecule has 0 aromatic heterocycles. The van der Waals surface area contributed by atoms with Gasteiger partial charge in [0.25, 0.3) is 0 Å². The van der Waals surface area contributed by atoms with Crippen LogP contribution in [0.25, 0.3) is 0 Å². The van der Waals surface area contributed by atoms with Gasteiger partial charge in [-0.05, 0) is 44.1 Å². The van der Waals surface area contributed by atoms with E-state index < -0.39 is 0 Å².